The van der Waals surface area contributed by atoms with Crippen molar-refractivity contribution >= 4 is 21.6 Å². The lowest BCUT2D eigenvalue weighted by Gasteiger charge is -2.26. The van der Waals surface area contributed by atoms with Crippen molar-refractivity contribution in [2.75, 3.05) is 18.8 Å². The number of rotatable bonds is 2. The first kappa shape index (κ1) is 11.0. The summed E-state index contributed by atoms with van der Waals surface area (Å²) in [6, 6.07) is 6.10. The second-order valence-corrected chi connectivity index (χ2v) is 5.10. The summed E-state index contributed by atoms with van der Waals surface area (Å²) in [5.41, 5.74) is 8.11. The molecule has 15 heavy (non-hydrogen) atoms. The average molecular weight is 269 g/mol. The minimum absolute atomic E-state index is 0.906. The molecule has 0 radical (unpaired) electrons. The molecule has 1 saturated heterocycles. The van der Waals surface area contributed by atoms with Gasteiger partial charge in [0.2, 0.25) is 0 Å². The normalized spacial score (nSPS) is 17.9. The molecular weight excluding hydrogens is 252 g/mol. The fourth-order valence-corrected chi connectivity index (χ4v) is 2.48. The van der Waals surface area contributed by atoms with Gasteiger partial charge >= 0.3 is 0 Å². The zero-order chi connectivity index (χ0) is 10.7. The molecule has 1 heterocycles. The molecule has 0 amide bonds. The first-order valence-corrected chi connectivity index (χ1v) is 6.31. The largest absolute Gasteiger partial charge is 0.398 e. The highest BCUT2D eigenvalue weighted by Gasteiger charge is 2.11. The molecule has 0 spiro atoms. The Morgan fingerprint density at radius 2 is 1.93 bits per heavy atom. The predicted octanol–water partition coefficient (Wildman–Crippen LogP) is 3.02. The Bertz CT molecular complexity index is 332. The molecule has 1 aromatic carbocycles. The van der Waals surface area contributed by atoms with E-state index < -0.39 is 0 Å². The summed E-state index contributed by atoms with van der Waals surface area (Å²) >= 11 is 3.49. The maximum absolute atomic E-state index is 5.96. The van der Waals surface area contributed by atoms with Crippen LogP contribution in [0.25, 0.3) is 0 Å². The van der Waals surface area contributed by atoms with E-state index >= 15 is 0 Å². The SMILES string of the molecule is Nc1ccc(Br)cc1CN1CCCCC1. The first-order chi connectivity index (χ1) is 7.25. The summed E-state index contributed by atoms with van der Waals surface area (Å²) in [5, 5.41) is 0. The molecule has 0 aliphatic carbocycles. The van der Waals surface area contributed by atoms with E-state index in [1.807, 2.05) is 12.1 Å². The molecule has 2 nitrogen and oxygen atoms in total. The van der Waals surface area contributed by atoms with Crippen LogP contribution in [0.2, 0.25) is 0 Å². The molecule has 0 atom stereocenters. The summed E-state index contributed by atoms with van der Waals surface area (Å²) in [7, 11) is 0. The maximum Gasteiger partial charge on any atom is 0.0360 e. The fourth-order valence-electron chi connectivity index (χ4n) is 2.07. The number of hydrogen-bond donors (Lipinski definition) is 1. The molecule has 1 fully saturated rings. The van der Waals surface area contributed by atoms with Crippen molar-refractivity contribution in [2.45, 2.75) is 25.8 Å². The maximum atomic E-state index is 5.96. The van der Waals surface area contributed by atoms with Gasteiger partial charge in [-0.25, -0.2) is 0 Å². The summed E-state index contributed by atoms with van der Waals surface area (Å²) in [6.45, 7) is 3.42. The number of anilines is 1. The second kappa shape index (κ2) is 4.99. The molecular formula is C12H17BrN2. The Balaban J connectivity index is 2.05. The third-order valence-electron chi connectivity index (χ3n) is 2.95. The zero-order valence-corrected chi connectivity index (χ0v) is 10.5. The number of nitrogen functional groups attached to an aromatic ring is 1. The molecule has 1 aromatic rings. The Kier molecular flexibility index (Phi) is 3.65. The number of nitrogens with zero attached hydrogens (tertiary/aromatic N) is 1. The summed E-state index contributed by atoms with van der Waals surface area (Å²) in [6.07, 6.45) is 4.03. The van der Waals surface area contributed by atoms with Gasteiger partial charge in [-0.1, -0.05) is 22.4 Å². The number of hydrogen-bond acceptors (Lipinski definition) is 2. The van der Waals surface area contributed by atoms with Crippen LogP contribution in [-0.4, -0.2) is 18.0 Å². The van der Waals surface area contributed by atoms with Gasteiger partial charge in [0.05, 0.1) is 0 Å². The number of benzene rings is 1. The van der Waals surface area contributed by atoms with Crippen LogP contribution in [0.4, 0.5) is 5.69 Å². The van der Waals surface area contributed by atoms with E-state index in [4.69, 9.17) is 5.73 Å². The van der Waals surface area contributed by atoms with Crippen LogP contribution in [0, 0.1) is 0 Å². The van der Waals surface area contributed by atoms with Crippen LogP contribution in [0.1, 0.15) is 24.8 Å². The Morgan fingerprint density at radius 1 is 1.20 bits per heavy atom. The van der Waals surface area contributed by atoms with Gasteiger partial charge in [-0.2, -0.15) is 0 Å². The second-order valence-electron chi connectivity index (χ2n) is 4.18. The Morgan fingerprint density at radius 3 is 2.67 bits per heavy atom. The smallest absolute Gasteiger partial charge is 0.0360 e. The van der Waals surface area contributed by atoms with Gasteiger partial charge in [-0.05, 0) is 49.7 Å². The van der Waals surface area contributed by atoms with E-state index in [9.17, 15) is 0 Å². The van der Waals surface area contributed by atoms with Gasteiger partial charge < -0.3 is 5.73 Å². The van der Waals surface area contributed by atoms with Crippen molar-refractivity contribution < 1.29 is 0 Å². The van der Waals surface area contributed by atoms with Gasteiger partial charge in [0.15, 0.2) is 0 Å². The standard InChI is InChI=1S/C12H17BrN2/c13-11-4-5-12(14)10(8-11)9-15-6-2-1-3-7-15/h4-5,8H,1-3,6-7,9,14H2. The van der Waals surface area contributed by atoms with Crippen LogP contribution in [0.5, 0.6) is 0 Å². The van der Waals surface area contributed by atoms with Gasteiger partial charge in [-0.15, -0.1) is 0 Å². The van der Waals surface area contributed by atoms with E-state index in [-0.39, 0.29) is 0 Å². The third kappa shape index (κ3) is 2.95. The summed E-state index contributed by atoms with van der Waals surface area (Å²) in [4.78, 5) is 2.49. The lowest BCUT2D eigenvalue weighted by molar-refractivity contribution is 0.221. The Hall–Kier alpha value is -0.540. The molecule has 2 rings (SSSR count). The highest BCUT2D eigenvalue weighted by molar-refractivity contribution is 9.10. The van der Waals surface area contributed by atoms with Crippen molar-refractivity contribution in [3.8, 4) is 0 Å². The highest BCUT2D eigenvalue weighted by Crippen LogP contribution is 2.21. The van der Waals surface area contributed by atoms with Gasteiger partial charge in [0.25, 0.3) is 0 Å². The van der Waals surface area contributed by atoms with Gasteiger partial charge in [0, 0.05) is 16.7 Å². The molecule has 3 heteroatoms. The van der Waals surface area contributed by atoms with Crippen molar-refractivity contribution in [1.82, 2.24) is 4.90 Å². The van der Waals surface area contributed by atoms with Crippen LogP contribution in [0.3, 0.4) is 0 Å². The molecule has 82 valence electrons. The molecule has 0 saturated carbocycles. The van der Waals surface area contributed by atoms with E-state index in [0.717, 1.165) is 16.7 Å². The van der Waals surface area contributed by atoms with Crippen molar-refractivity contribution in [1.29, 1.82) is 0 Å². The lowest BCUT2D eigenvalue weighted by atomic mass is 10.1. The summed E-state index contributed by atoms with van der Waals surface area (Å²) < 4.78 is 1.11. The average Bonchev–Trinajstić information content (AvgIpc) is 2.25. The van der Waals surface area contributed by atoms with Crippen molar-refractivity contribution in [2.24, 2.45) is 0 Å². The molecule has 0 aromatic heterocycles. The highest BCUT2D eigenvalue weighted by atomic mass is 79.9. The topological polar surface area (TPSA) is 29.3 Å². The molecule has 2 N–H and O–H groups in total. The quantitative estimate of drug-likeness (QED) is 0.836. The number of nitrogens with two attached hydrogens (primary N) is 1. The number of likely N-dealkylation sites (tertiary alicyclic amines) is 1. The number of piperidine rings is 1. The monoisotopic (exact) mass is 268 g/mol. The molecule has 1 aliphatic rings. The zero-order valence-electron chi connectivity index (χ0n) is 8.88. The molecule has 0 unspecified atom stereocenters. The Labute approximate surface area is 99.6 Å². The molecule has 1 aliphatic heterocycles. The van der Waals surface area contributed by atoms with Crippen LogP contribution in [-0.2, 0) is 6.54 Å². The fraction of sp³-hybridized carbons (Fsp3) is 0.500. The predicted molar refractivity (Wildman–Crippen MR) is 67.7 cm³/mol. The molecule has 0 bridgehead atoms. The summed E-state index contributed by atoms with van der Waals surface area (Å²) in [5.74, 6) is 0. The van der Waals surface area contributed by atoms with E-state index in [1.165, 1.54) is 37.9 Å². The first-order valence-electron chi connectivity index (χ1n) is 5.52. The number of halogens is 1. The van der Waals surface area contributed by atoms with E-state index in [2.05, 4.69) is 26.9 Å². The van der Waals surface area contributed by atoms with Crippen molar-refractivity contribution in [3.63, 3.8) is 0 Å². The van der Waals surface area contributed by atoms with Crippen LogP contribution in [0.15, 0.2) is 22.7 Å². The lowest BCUT2D eigenvalue weighted by Crippen LogP contribution is -2.29. The van der Waals surface area contributed by atoms with E-state index in [1.54, 1.807) is 0 Å². The van der Waals surface area contributed by atoms with Crippen LogP contribution >= 0.6 is 15.9 Å². The van der Waals surface area contributed by atoms with E-state index in [0.29, 0.717) is 0 Å². The van der Waals surface area contributed by atoms with Gasteiger partial charge in [-0.3, -0.25) is 4.90 Å². The minimum atomic E-state index is 0.906. The van der Waals surface area contributed by atoms with Gasteiger partial charge in [0.1, 0.15) is 0 Å². The minimum Gasteiger partial charge on any atom is -0.398 e. The third-order valence-corrected chi connectivity index (χ3v) is 3.44. The van der Waals surface area contributed by atoms with Crippen molar-refractivity contribution in [3.05, 3.63) is 28.2 Å². The van der Waals surface area contributed by atoms with Crippen LogP contribution < -0.4 is 5.73 Å².